The number of nitrogens with zero attached hydrogens (tertiary/aromatic N) is 3. The van der Waals surface area contributed by atoms with Gasteiger partial charge in [0, 0.05) is 49.8 Å². The second kappa shape index (κ2) is 9.99. The lowest BCUT2D eigenvalue weighted by Crippen LogP contribution is -2.32. The first-order valence-corrected chi connectivity index (χ1v) is 10.5. The molecule has 0 radical (unpaired) electrons. The highest BCUT2D eigenvalue weighted by atomic mass is 19.4. The Morgan fingerprint density at radius 1 is 1.09 bits per heavy atom. The SMILES string of the molecule is O=CCCN1CCc2nc(-c3ccc(OCc4cccc(OC(F)(F)F)c4)cc3)ncc2C1. The van der Waals surface area contributed by atoms with Crippen LogP contribution in [0.3, 0.4) is 0 Å². The summed E-state index contributed by atoms with van der Waals surface area (Å²) in [5.74, 6) is 0.915. The molecule has 1 aliphatic rings. The Balaban J connectivity index is 1.37. The maximum absolute atomic E-state index is 12.4. The minimum absolute atomic E-state index is 0.102. The van der Waals surface area contributed by atoms with Gasteiger partial charge in [0.15, 0.2) is 5.82 Å². The topological polar surface area (TPSA) is 64.6 Å². The third kappa shape index (κ3) is 6.29. The van der Waals surface area contributed by atoms with Gasteiger partial charge < -0.3 is 14.3 Å². The summed E-state index contributed by atoms with van der Waals surface area (Å²) in [6, 6.07) is 12.9. The van der Waals surface area contributed by atoms with Crippen LogP contribution in [0, 0.1) is 0 Å². The fourth-order valence-corrected chi connectivity index (χ4v) is 3.64. The van der Waals surface area contributed by atoms with Crippen LogP contribution in [0.25, 0.3) is 11.4 Å². The van der Waals surface area contributed by atoms with Crippen LogP contribution in [0.2, 0.25) is 0 Å². The molecule has 0 aliphatic carbocycles. The van der Waals surface area contributed by atoms with E-state index in [1.165, 1.54) is 18.2 Å². The predicted molar refractivity (Wildman–Crippen MR) is 115 cm³/mol. The molecule has 0 N–H and O–H groups in total. The summed E-state index contributed by atoms with van der Waals surface area (Å²) in [6.45, 7) is 2.45. The summed E-state index contributed by atoms with van der Waals surface area (Å²) >= 11 is 0. The van der Waals surface area contributed by atoms with Gasteiger partial charge in [-0.15, -0.1) is 13.2 Å². The summed E-state index contributed by atoms with van der Waals surface area (Å²) in [5.41, 5.74) is 3.49. The maximum atomic E-state index is 12.4. The standard InChI is InChI=1S/C24H22F3N3O3/c25-24(26,27)33-21-4-1-3-17(13-21)16-32-20-7-5-18(6-8-20)23-28-14-19-15-30(10-2-12-31)11-9-22(19)29-23/h1,3-8,12-14H,2,9-11,15-16H2. The van der Waals surface area contributed by atoms with Crippen LogP contribution in [0.5, 0.6) is 11.5 Å². The van der Waals surface area contributed by atoms with Gasteiger partial charge in [-0.05, 0) is 42.0 Å². The van der Waals surface area contributed by atoms with Crippen LogP contribution in [-0.4, -0.2) is 40.6 Å². The number of halogens is 3. The van der Waals surface area contributed by atoms with Gasteiger partial charge in [0.25, 0.3) is 0 Å². The number of carbonyl (C=O) groups is 1. The quantitative estimate of drug-likeness (QED) is 0.462. The summed E-state index contributed by atoms with van der Waals surface area (Å²) in [6.07, 6.45) is -0.631. The van der Waals surface area contributed by atoms with Crippen molar-refractivity contribution in [2.45, 2.75) is 32.4 Å². The maximum Gasteiger partial charge on any atom is 0.573 e. The average molecular weight is 457 g/mol. The van der Waals surface area contributed by atoms with Gasteiger partial charge in [0.1, 0.15) is 24.4 Å². The van der Waals surface area contributed by atoms with Gasteiger partial charge in [0.2, 0.25) is 0 Å². The molecule has 0 unspecified atom stereocenters. The van der Waals surface area contributed by atoms with Crippen molar-refractivity contribution in [3.63, 3.8) is 0 Å². The van der Waals surface area contributed by atoms with Crippen molar-refractivity contribution in [2.24, 2.45) is 0 Å². The van der Waals surface area contributed by atoms with E-state index < -0.39 is 6.36 Å². The second-order valence-corrected chi connectivity index (χ2v) is 7.66. The normalized spacial score (nSPS) is 13.9. The highest BCUT2D eigenvalue weighted by Gasteiger charge is 2.31. The molecular formula is C24H22F3N3O3. The summed E-state index contributed by atoms with van der Waals surface area (Å²) < 4.78 is 46.8. The van der Waals surface area contributed by atoms with E-state index in [-0.39, 0.29) is 12.4 Å². The molecule has 0 spiro atoms. The Hall–Kier alpha value is -3.46. The summed E-state index contributed by atoms with van der Waals surface area (Å²) in [5, 5.41) is 0. The Morgan fingerprint density at radius 2 is 1.91 bits per heavy atom. The fourth-order valence-electron chi connectivity index (χ4n) is 3.64. The zero-order valence-electron chi connectivity index (χ0n) is 17.7. The summed E-state index contributed by atoms with van der Waals surface area (Å²) in [7, 11) is 0. The molecule has 0 saturated carbocycles. The lowest BCUT2D eigenvalue weighted by Gasteiger charge is -2.27. The van der Waals surface area contributed by atoms with Gasteiger partial charge in [-0.3, -0.25) is 4.90 Å². The Labute approximate surface area is 189 Å². The molecular weight excluding hydrogens is 435 g/mol. The minimum atomic E-state index is -4.73. The number of rotatable bonds is 8. The van der Waals surface area contributed by atoms with Gasteiger partial charge in [0.05, 0.1) is 5.69 Å². The molecule has 0 amide bonds. The number of aldehydes is 1. The Kier molecular flexibility index (Phi) is 6.88. The van der Waals surface area contributed by atoms with Crippen molar-refractivity contribution in [3.05, 3.63) is 71.5 Å². The Bertz CT molecular complexity index is 1100. The van der Waals surface area contributed by atoms with Crippen LogP contribution < -0.4 is 9.47 Å². The number of alkyl halides is 3. The zero-order valence-corrected chi connectivity index (χ0v) is 17.7. The number of carbonyl (C=O) groups excluding carboxylic acids is 1. The van der Waals surface area contributed by atoms with Crippen molar-refractivity contribution >= 4 is 6.29 Å². The highest BCUT2D eigenvalue weighted by Crippen LogP contribution is 2.25. The van der Waals surface area contributed by atoms with Gasteiger partial charge in [-0.1, -0.05) is 12.1 Å². The van der Waals surface area contributed by atoms with Crippen LogP contribution in [-0.2, 0) is 24.4 Å². The second-order valence-electron chi connectivity index (χ2n) is 7.66. The average Bonchev–Trinajstić information content (AvgIpc) is 2.80. The van der Waals surface area contributed by atoms with Crippen LogP contribution in [0.1, 0.15) is 23.2 Å². The molecule has 0 atom stereocenters. The first kappa shape index (κ1) is 22.7. The molecule has 172 valence electrons. The highest BCUT2D eigenvalue weighted by molar-refractivity contribution is 5.56. The molecule has 2 heterocycles. The lowest BCUT2D eigenvalue weighted by atomic mass is 10.1. The molecule has 33 heavy (non-hydrogen) atoms. The van der Waals surface area contributed by atoms with Crippen LogP contribution in [0.15, 0.2) is 54.7 Å². The Morgan fingerprint density at radius 3 is 2.67 bits per heavy atom. The molecule has 2 aromatic carbocycles. The van der Waals surface area contributed by atoms with Crippen molar-refractivity contribution < 1.29 is 27.4 Å². The van der Waals surface area contributed by atoms with Crippen molar-refractivity contribution in [1.82, 2.24) is 14.9 Å². The minimum Gasteiger partial charge on any atom is -0.489 e. The fraction of sp³-hybridized carbons (Fsp3) is 0.292. The van der Waals surface area contributed by atoms with E-state index in [0.29, 0.717) is 23.6 Å². The van der Waals surface area contributed by atoms with E-state index in [1.54, 1.807) is 18.2 Å². The van der Waals surface area contributed by atoms with Gasteiger partial charge >= 0.3 is 6.36 Å². The van der Waals surface area contributed by atoms with E-state index in [1.807, 2.05) is 18.3 Å². The monoisotopic (exact) mass is 457 g/mol. The molecule has 3 aromatic rings. The lowest BCUT2D eigenvalue weighted by molar-refractivity contribution is -0.274. The number of ether oxygens (including phenoxy) is 2. The van der Waals surface area contributed by atoms with E-state index in [9.17, 15) is 18.0 Å². The molecule has 0 saturated heterocycles. The summed E-state index contributed by atoms with van der Waals surface area (Å²) in [4.78, 5) is 22.0. The molecule has 0 fully saturated rings. The van der Waals surface area contributed by atoms with Crippen molar-refractivity contribution in [2.75, 3.05) is 13.1 Å². The first-order chi connectivity index (χ1) is 15.9. The molecule has 1 aromatic heterocycles. The number of benzene rings is 2. The van der Waals surface area contributed by atoms with E-state index in [0.717, 1.165) is 49.2 Å². The smallest absolute Gasteiger partial charge is 0.489 e. The third-order valence-corrected chi connectivity index (χ3v) is 5.23. The number of hydrogen-bond donors (Lipinski definition) is 0. The van der Waals surface area contributed by atoms with Crippen LogP contribution >= 0.6 is 0 Å². The molecule has 4 rings (SSSR count). The largest absolute Gasteiger partial charge is 0.573 e. The molecule has 6 nitrogen and oxygen atoms in total. The van der Waals surface area contributed by atoms with Crippen molar-refractivity contribution in [3.8, 4) is 22.9 Å². The van der Waals surface area contributed by atoms with E-state index in [2.05, 4.69) is 14.6 Å². The molecule has 9 heteroatoms. The first-order valence-electron chi connectivity index (χ1n) is 10.5. The number of fused-ring (bicyclic) bond motifs is 1. The van der Waals surface area contributed by atoms with E-state index >= 15 is 0 Å². The number of aromatic nitrogens is 2. The zero-order chi connectivity index (χ0) is 23.3. The molecule has 0 bridgehead atoms. The molecule has 1 aliphatic heterocycles. The van der Waals surface area contributed by atoms with E-state index in [4.69, 9.17) is 9.72 Å². The van der Waals surface area contributed by atoms with Crippen molar-refractivity contribution in [1.29, 1.82) is 0 Å². The van der Waals surface area contributed by atoms with Crippen LogP contribution in [0.4, 0.5) is 13.2 Å². The predicted octanol–water partition coefficient (Wildman–Crippen LogP) is 4.57. The third-order valence-electron chi connectivity index (χ3n) is 5.23. The van der Waals surface area contributed by atoms with Gasteiger partial charge in [-0.25, -0.2) is 9.97 Å². The number of hydrogen-bond acceptors (Lipinski definition) is 6. The van der Waals surface area contributed by atoms with Gasteiger partial charge in [-0.2, -0.15) is 0 Å².